The van der Waals surface area contributed by atoms with Crippen LogP contribution in [0, 0.1) is 25.2 Å². The summed E-state index contributed by atoms with van der Waals surface area (Å²) in [4.78, 5) is 24.2. The number of carbonyl (C=O) groups excluding carboxylic acids is 2. The van der Waals surface area contributed by atoms with Gasteiger partial charge in [-0.2, -0.15) is 0 Å². The van der Waals surface area contributed by atoms with Gasteiger partial charge in [0, 0.05) is 5.56 Å². The quantitative estimate of drug-likeness (QED) is 0.798. The number of aryl methyl sites for hydroxylation is 1. The minimum absolute atomic E-state index is 0.0271. The van der Waals surface area contributed by atoms with Gasteiger partial charge in [-0.05, 0) is 24.5 Å². The van der Waals surface area contributed by atoms with E-state index >= 15 is 0 Å². The van der Waals surface area contributed by atoms with E-state index in [1.54, 1.807) is 12.1 Å². The van der Waals surface area contributed by atoms with Crippen molar-refractivity contribution in [3.8, 4) is 12.3 Å². The van der Waals surface area contributed by atoms with E-state index < -0.39 is 6.04 Å². The molecule has 0 fully saturated rings. The van der Waals surface area contributed by atoms with Gasteiger partial charge in [0.1, 0.15) is 6.04 Å². The Bertz CT molecular complexity index is 530. The summed E-state index contributed by atoms with van der Waals surface area (Å²) in [5, 5.41) is 5.36. The highest BCUT2D eigenvalue weighted by Gasteiger charge is 2.24. The predicted octanol–water partition coefficient (Wildman–Crippen LogP) is 1.50. The predicted molar refractivity (Wildman–Crippen MR) is 79.1 cm³/mol. The van der Waals surface area contributed by atoms with E-state index in [0.717, 1.165) is 5.56 Å². The molecule has 1 aromatic rings. The van der Waals surface area contributed by atoms with Crippen molar-refractivity contribution in [2.45, 2.75) is 26.8 Å². The van der Waals surface area contributed by atoms with Crippen LogP contribution in [0.25, 0.3) is 0 Å². The Morgan fingerprint density at radius 3 is 2.50 bits per heavy atom. The summed E-state index contributed by atoms with van der Waals surface area (Å²) in [6.07, 6.45) is 5.11. The molecule has 0 aromatic heterocycles. The summed E-state index contributed by atoms with van der Waals surface area (Å²) < 4.78 is 0. The number of benzene rings is 1. The van der Waals surface area contributed by atoms with Gasteiger partial charge < -0.3 is 10.6 Å². The molecule has 1 unspecified atom stereocenters. The summed E-state index contributed by atoms with van der Waals surface area (Å²) in [7, 11) is 0. The lowest BCUT2D eigenvalue weighted by molar-refractivity contribution is -0.123. The Kier molecular flexibility index (Phi) is 5.79. The second-order valence-corrected chi connectivity index (χ2v) is 4.93. The van der Waals surface area contributed by atoms with Crippen LogP contribution in [0.4, 0.5) is 0 Å². The number of carbonyl (C=O) groups is 2. The van der Waals surface area contributed by atoms with E-state index in [1.165, 1.54) is 0 Å². The van der Waals surface area contributed by atoms with Gasteiger partial charge in [0.25, 0.3) is 5.91 Å². The molecule has 0 spiro atoms. The first-order valence-corrected chi connectivity index (χ1v) is 6.55. The molecular formula is C16H20N2O2. The molecule has 0 radical (unpaired) electrons. The van der Waals surface area contributed by atoms with E-state index in [1.807, 2.05) is 32.9 Å². The van der Waals surface area contributed by atoms with Gasteiger partial charge in [-0.3, -0.25) is 9.59 Å². The number of hydrogen-bond donors (Lipinski definition) is 2. The zero-order valence-electron chi connectivity index (χ0n) is 12.1. The van der Waals surface area contributed by atoms with Crippen LogP contribution in [0.3, 0.4) is 0 Å². The average Bonchev–Trinajstić information content (AvgIpc) is 2.42. The van der Waals surface area contributed by atoms with Gasteiger partial charge in [0.2, 0.25) is 5.91 Å². The fourth-order valence-corrected chi connectivity index (χ4v) is 1.83. The van der Waals surface area contributed by atoms with Crippen LogP contribution in [-0.4, -0.2) is 24.4 Å². The molecule has 0 saturated heterocycles. The van der Waals surface area contributed by atoms with Crippen LogP contribution in [-0.2, 0) is 4.79 Å². The minimum Gasteiger partial charge on any atom is -0.343 e. The number of terminal acetylenes is 1. The van der Waals surface area contributed by atoms with Gasteiger partial charge in [-0.1, -0.05) is 38.0 Å². The van der Waals surface area contributed by atoms with Crippen molar-refractivity contribution >= 4 is 11.8 Å². The van der Waals surface area contributed by atoms with Crippen LogP contribution in [0.15, 0.2) is 24.3 Å². The average molecular weight is 272 g/mol. The van der Waals surface area contributed by atoms with E-state index in [2.05, 4.69) is 16.6 Å². The first-order valence-electron chi connectivity index (χ1n) is 6.55. The summed E-state index contributed by atoms with van der Waals surface area (Å²) in [5.41, 5.74) is 1.44. The molecule has 0 saturated carbocycles. The molecule has 1 rings (SSSR count). The van der Waals surface area contributed by atoms with Crippen molar-refractivity contribution in [1.82, 2.24) is 10.6 Å². The second kappa shape index (κ2) is 7.34. The third kappa shape index (κ3) is 4.13. The fourth-order valence-electron chi connectivity index (χ4n) is 1.83. The summed E-state index contributed by atoms with van der Waals surface area (Å²) in [6.45, 7) is 5.76. The monoisotopic (exact) mass is 272 g/mol. The van der Waals surface area contributed by atoms with Crippen LogP contribution in [0.5, 0.6) is 0 Å². The maximum absolute atomic E-state index is 12.2. The van der Waals surface area contributed by atoms with Crippen LogP contribution in [0.2, 0.25) is 0 Å². The Morgan fingerprint density at radius 1 is 1.30 bits per heavy atom. The molecule has 0 aliphatic carbocycles. The third-order valence-corrected chi connectivity index (χ3v) is 2.99. The highest BCUT2D eigenvalue weighted by Crippen LogP contribution is 2.09. The van der Waals surface area contributed by atoms with Crippen molar-refractivity contribution in [1.29, 1.82) is 0 Å². The van der Waals surface area contributed by atoms with E-state index in [9.17, 15) is 9.59 Å². The Balaban J connectivity index is 2.81. The van der Waals surface area contributed by atoms with Crippen LogP contribution >= 0.6 is 0 Å². The normalized spacial score (nSPS) is 11.6. The SMILES string of the molecule is C#CCNC(=O)C(NC(=O)c1ccccc1C)C(C)C. The molecule has 1 aromatic carbocycles. The Labute approximate surface area is 120 Å². The first kappa shape index (κ1) is 15.8. The van der Waals surface area contributed by atoms with E-state index in [4.69, 9.17) is 6.42 Å². The summed E-state index contributed by atoms with van der Waals surface area (Å²) >= 11 is 0. The Morgan fingerprint density at radius 2 is 1.95 bits per heavy atom. The zero-order valence-corrected chi connectivity index (χ0v) is 12.1. The smallest absolute Gasteiger partial charge is 0.252 e. The Hall–Kier alpha value is -2.28. The van der Waals surface area contributed by atoms with Crippen molar-refractivity contribution in [3.05, 3.63) is 35.4 Å². The molecule has 4 heteroatoms. The molecule has 4 nitrogen and oxygen atoms in total. The first-order chi connectivity index (χ1) is 9.47. The minimum atomic E-state index is -0.601. The van der Waals surface area contributed by atoms with Crippen molar-refractivity contribution in [2.75, 3.05) is 6.54 Å². The van der Waals surface area contributed by atoms with Crippen LogP contribution in [0.1, 0.15) is 29.8 Å². The zero-order chi connectivity index (χ0) is 15.1. The molecule has 2 N–H and O–H groups in total. The molecule has 20 heavy (non-hydrogen) atoms. The molecule has 0 heterocycles. The van der Waals surface area contributed by atoms with Gasteiger partial charge in [0.05, 0.1) is 6.54 Å². The van der Waals surface area contributed by atoms with Crippen molar-refractivity contribution < 1.29 is 9.59 Å². The maximum Gasteiger partial charge on any atom is 0.252 e. The largest absolute Gasteiger partial charge is 0.343 e. The summed E-state index contributed by atoms with van der Waals surface area (Å²) in [5.74, 6) is 1.80. The number of amides is 2. The molecule has 0 aliphatic heterocycles. The van der Waals surface area contributed by atoms with Gasteiger partial charge >= 0.3 is 0 Å². The molecule has 1 atom stereocenters. The topological polar surface area (TPSA) is 58.2 Å². The molecular weight excluding hydrogens is 252 g/mol. The van der Waals surface area contributed by atoms with Gasteiger partial charge in [-0.15, -0.1) is 6.42 Å². The fraction of sp³-hybridized carbons (Fsp3) is 0.375. The lowest BCUT2D eigenvalue weighted by atomic mass is 10.0. The maximum atomic E-state index is 12.2. The molecule has 0 bridgehead atoms. The second-order valence-electron chi connectivity index (χ2n) is 4.93. The highest BCUT2D eigenvalue weighted by atomic mass is 16.2. The molecule has 0 aliphatic rings. The molecule has 2 amide bonds. The van der Waals surface area contributed by atoms with Crippen molar-refractivity contribution in [2.24, 2.45) is 5.92 Å². The van der Waals surface area contributed by atoms with Crippen molar-refractivity contribution in [3.63, 3.8) is 0 Å². The van der Waals surface area contributed by atoms with E-state index in [-0.39, 0.29) is 24.3 Å². The van der Waals surface area contributed by atoms with Gasteiger partial charge in [0.15, 0.2) is 0 Å². The standard InChI is InChI=1S/C16H20N2O2/c1-5-10-17-16(20)14(11(2)3)18-15(19)13-9-7-6-8-12(13)4/h1,6-9,11,14H,10H2,2-4H3,(H,17,20)(H,18,19). The number of rotatable bonds is 5. The van der Waals surface area contributed by atoms with Gasteiger partial charge in [-0.25, -0.2) is 0 Å². The number of hydrogen-bond acceptors (Lipinski definition) is 2. The highest BCUT2D eigenvalue weighted by molar-refractivity contribution is 5.98. The lowest BCUT2D eigenvalue weighted by Crippen LogP contribution is -2.49. The summed E-state index contributed by atoms with van der Waals surface area (Å²) in [6, 6.07) is 6.66. The lowest BCUT2D eigenvalue weighted by Gasteiger charge is -2.21. The van der Waals surface area contributed by atoms with Crippen LogP contribution < -0.4 is 10.6 Å². The number of nitrogens with one attached hydrogen (secondary N) is 2. The molecule has 106 valence electrons. The van der Waals surface area contributed by atoms with E-state index in [0.29, 0.717) is 5.56 Å². The third-order valence-electron chi connectivity index (χ3n) is 2.99.